The number of aromatic nitrogens is 1. The van der Waals surface area contributed by atoms with E-state index in [0.717, 1.165) is 29.8 Å². The standard InChI is InChI=1S/C15H11F2NO/c16-10-4-6-11(13(17)8-10)15(19)12-5-3-9-2-1-7-18-14(9)12/h1-2,4,6-8,12H,3,5H2. The van der Waals surface area contributed by atoms with Crippen LogP contribution in [0.25, 0.3) is 0 Å². The number of benzene rings is 1. The number of fused-ring (bicyclic) bond motifs is 1. The Bertz CT molecular complexity index is 654. The van der Waals surface area contributed by atoms with Gasteiger partial charge in [-0.1, -0.05) is 6.07 Å². The van der Waals surface area contributed by atoms with Gasteiger partial charge < -0.3 is 0 Å². The molecule has 96 valence electrons. The first-order chi connectivity index (χ1) is 9.16. The molecule has 0 saturated heterocycles. The number of nitrogens with zero attached hydrogens (tertiary/aromatic N) is 1. The van der Waals surface area contributed by atoms with E-state index in [1.54, 1.807) is 6.20 Å². The molecule has 1 aliphatic carbocycles. The lowest BCUT2D eigenvalue weighted by Crippen LogP contribution is -2.13. The minimum absolute atomic E-state index is 0.0649. The van der Waals surface area contributed by atoms with Crippen LogP contribution >= 0.6 is 0 Å². The molecule has 0 N–H and O–H groups in total. The molecule has 0 fully saturated rings. The van der Waals surface area contributed by atoms with Crippen molar-refractivity contribution < 1.29 is 13.6 Å². The summed E-state index contributed by atoms with van der Waals surface area (Å²) in [5, 5.41) is 0. The van der Waals surface area contributed by atoms with Gasteiger partial charge in [-0.2, -0.15) is 0 Å². The zero-order chi connectivity index (χ0) is 13.4. The smallest absolute Gasteiger partial charge is 0.174 e. The van der Waals surface area contributed by atoms with E-state index in [0.29, 0.717) is 6.42 Å². The van der Waals surface area contributed by atoms with Crippen LogP contribution in [0.5, 0.6) is 0 Å². The van der Waals surface area contributed by atoms with Crippen molar-refractivity contribution in [3.63, 3.8) is 0 Å². The quantitative estimate of drug-likeness (QED) is 0.775. The first-order valence-corrected chi connectivity index (χ1v) is 6.10. The SMILES string of the molecule is O=C(c1ccc(F)cc1F)C1CCc2cccnc21. The lowest BCUT2D eigenvalue weighted by Gasteiger charge is -2.10. The van der Waals surface area contributed by atoms with Gasteiger partial charge in [0.25, 0.3) is 0 Å². The molecule has 0 amide bonds. The summed E-state index contributed by atoms with van der Waals surface area (Å²) in [4.78, 5) is 16.6. The number of rotatable bonds is 2. The molecule has 1 heterocycles. The van der Waals surface area contributed by atoms with E-state index >= 15 is 0 Å². The van der Waals surface area contributed by atoms with Crippen LogP contribution in [-0.2, 0) is 6.42 Å². The Labute approximate surface area is 109 Å². The van der Waals surface area contributed by atoms with Crippen molar-refractivity contribution in [2.45, 2.75) is 18.8 Å². The molecule has 1 aromatic carbocycles. The van der Waals surface area contributed by atoms with E-state index in [-0.39, 0.29) is 11.3 Å². The van der Waals surface area contributed by atoms with Crippen LogP contribution in [0.15, 0.2) is 36.5 Å². The van der Waals surface area contributed by atoms with Crippen molar-refractivity contribution in [3.8, 4) is 0 Å². The van der Waals surface area contributed by atoms with E-state index in [4.69, 9.17) is 0 Å². The summed E-state index contributed by atoms with van der Waals surface area (Å²) in [6.07, 6.45) is 3.02. The first kappa shape index (κ1) is 12.0. The second-order valence-electron chi connectivity index (χ2n) is 4.63. The predicted octanol–water partition coefficient (Wildman–Crippen LogP) is 3.27. The third-order valence-electron chi connectivity index (χ3n) is 3.47. The van der Waals surface area contributed by atoms with Gasteiger partial charge in [0.05, 0.1) is 17.2 Å². The second-order valence-corrected chi connectivity index (χ2v) is 4.63. The number of carbonyl (C=O) groups is 1. The molecular weight excluding hydrogens is 248 g/mol. The number of ketones is 1. The fourth-order valence-corrected chi connectivity index (χ4v) is 2.54. The summed E-state index contributed by atoms with van der Waals surface area (Å²) in [7, 11) is 0. The minimum Gasteiger partial charge on any atom is -0.293 e. The van der Waals surface area contributed by atoms with Crippen molar-refractivity contribution in [3.05, 3.63) is 65.0 Å². The summed E-state index contributed by atoms with van der Waals surface area (Å²) < 4.78 is 26.5. The van der Waals surface area contributed by atoms with E-state index in [1.165, 1.54) is 6.07 Å². The molecule has 2 aromatic rings. The summed E-state index contributed by atoms with van der Waals surface area (Å²) in [6, 6.07) is 6.79. The van der Waals surface area contributed by atoms with E-state index in [1.807, 2.05) is 12.1 Å². The molecule has 0 radical (unpaired) electrons. The van der Waals surface area contributed by atoms with Gasteiger partial charge in [0, 0.05) is 12.3 Å². The minimum atomic E-state index is -0.811. The number of Topliss-reactive ketones (excluding diaryl/α,β-unsaturated/α-hetero) is 1. The number of hydrogen-bond acceptors (Lipinski definition) is 2. The fourth-order valence-electron chi connectivity index (χ4n) is 2.54. The maximum atomic E-state index is 13.6. The number of aryl methyl sites for hydroxylation is 1. The number of halogens is 2. The summed E-state index contributed by atoms with van der Waals surface area (Å²) >= 11 is 0. The maximum absolute atomic E-state index is 13.6. The highest BCUT2D eigenvalue weighted by Crippen LogP contribution is 2.34. The highest BCUT2D eigenvalue weighted by molar-refractivity contribution is 6.01. The Morgan fingerprint density at radius 3 is 2.89 bits per heavy atom. The van der Waals surface area contributed by atoms with Crippen LogP contribution in [0, 0.1) is 11.6 Å². The molecule has 2 nitrogen and oxygen atoms in total. The normalized spacial score (nSPS) is 17.3. The van der Waals surface area contributed by atoms with Crippen LogP contribution in [0.1, 0.15) is 34.0 Å². The van der Waals surface area contributed by atoms with Crippen LogP contribution in [0.2, 0.25) is 0 Å². The topological polar surface area (TPSA) is 30.0 Å². The zero-order valence-electron chi connectivity index (χ0n) is 10.1. The Morgan fingerprint density at radius 1 is 1.26 bits per heavy atom. The van der Waals surface area contributed by atoms with Crippen LogP contribution in [0.3, 0.4) is 0 Å². The second kappa shape index (κ2) is 4.53. The van der Waals surface area contributed by atoms with Crippen molar-refractivity contribution in [1.29, 1.82) is 0 Å². The molecule has 0 saturated carbocycles. The van der Waals surface area contributed by atoms with Gasteiger partial charge in [0.2, 0.25) is 0 Å². The van der Waals surface area contributed by atoms with Gasteiger partial charge in [-0.25, -0.2) is 8.78 Å². The van der Waals surface area contributed by atoms with E-state index in [2.05, 4.69) is 4.98 Å². The summed E-state index contributed by atoms with van der Waals surface area (Å²) in [6.45, 7) is 0. The van der Waals surface area contributed by atoms with Crippen LogP contribution in [-0.4, -0.2) is 10.8 Å². The molecule has 19 heavy (non-hydrogen) atoms. The molecular formula is C15H11F2NO. The van der Waals surface area contributed by atoms with Crippen molar-refractivity contribution in [2.75, 3.05) is 0 Å². The molecule has 0 spiro atoms. The van der Waals surface area contributed by atoms with Crippen LogP contribution < -0.4 is 0 Å². The maximum Gasteiger partial charge on any atom is 0.174 e. The van der Waals surface area contributed by atoms with Crippen molar-refractivity contribution in [2.24, 2.45) is 0 Å². The number of pyridine rings is 1. The van der Waals surface area contributed by atoms with E-state index < -0.39 is 17.6 Å². The molecule has 1 atom stereocenters. The largest absolute Gasteiger partial charge is 0.293 e. The monoisotopic (exact) mass is 259 g/mol. The fraction of sp³-hybridized carbons (Fsp3) is 0.200. The van der Waals surface area contributed by atoms with Gasteiger partial charge in [-0.05, 0) is 36.6 Å². The van der Waals surface area contributed by atoms with Gasteiger partial charge in [0.15, 0.2) is 5.78 Å². The molecule has 0 aliphatic heterocycles. The van der Waals surface area contributed by atoms with Crippen molar-refractivity contribution in [1.82, 2.24) is 4.98 Å². The highest BCUT2D eigenvalue weighted by atomic mass is 19.1. The molecule has 3 rings (SSSR count). The third kappa shape index (κ3) is 2.03. The van der Waals surface area contributed by atoms with Gasteiger partial charge >= 0.3 is 0 Å². The first-order valence-electron chi connectivity index (χ1n) is 6.10. The average molecular weight is 259 g/mol. The molecule has 0 bridgehead atoms. The lowest BCUT2D eigenvalue weighted by atomic mass is 9.95. The third-order valence-corrected chi connectivity index (χ3v) is 3.47. The Balaban J connectivity index is 1.98. The van der Waals surface area contributed by atoms with Crippen LogP contribution in [0.4, 0.5) is 8.78 Å². The molecule has 1 aliphatic rings. The predicted molar refractivity (Wildman–Crippen MR) is 66.0 cm³/mol. The van der Waals surface area contributed by atoms with Gasteiger partial charge in [-0.15, -0.1) is 0 Å². The van der Waals surface area contributed by atoms with Crippen molar-refractivity contribution >= 4 is 5.78 Å². The lowest BCUT2D eigenvalue weighted by molar-refractivity contribution is 0.0954. The summed E-state index contributed by atoms with van der Waals surface area (Å²) in [5.41, 5.74) is 1.68. The molecule has 1 unspecified atom stereocenters. The van der Waals surface area contributed by atoms with Gasteiger partial charge in [-0.3, -0.25) is 9.78 Å². The summed E-state index contributed by atoms with van der Waals surface area (Å²) in [5.74, 6) is -2.24. The number of carbonyl (C=O) groups excluding carboxylic acids is 1. The number of hydrogen-bond donors (Lipinski definition) is 0. The Hall–Kier alpha value is -2.10. The Kier molecular flexibility index (Phi) is 2.85. The Morgan fingerprint density at radius 2 is 2.11 bits per heavy atom. The zero-order valence-corrected chi connectivity index (χ0v) is 10.1. The van der Waals surface area contributed by atoms with Gasteiger partial charge in [0.1, 0.15) is 11.6 Å². The van der Waals surface area contributed by atoms with E-state index in [9.17, 15) is 13.6 Å². The molecule has 4 heteroatoms. The highest BCUT2D eigenvalue weighted by Gasteiger charge is 2.31. The average Bonchev–Trinajstić information content (AvgIpc) is 2.82. The molecule has 1 aromatic heterocycles.